The number of aromatic nitrogens is 4. The van der Waals surface area contributed by atoms with Crippen LogP contribution in [0.2, 0.25) is 0 Å². The standard InChI is InChI=1S/C19H20N6O/c26-19(16-8-6-15(7-9-16)18-21-23-24-22-18)20-17-10-11-25(13-17)12-14-4-2-1-3-5-14/h1-9,17H,10-13H2,(H,20,26)(H,21,22,23,24). The summed E-state index contributed by atoms with van der Waals surface area (Å²) in [6.07, 6.45) is 0.972. The van der Waals surface area contributed by atoms with Gasteiger partial charge in [0.25, 0.3) is 5.91 Å². The summed E-state index contributed by atoms with van der Waals surface area (Å²) in [5, 5.41) is 17.0. The average Bonchev–Trinajstić information content (AvgIpc) is 3.35. The molecule has 7 heteroatoms. The van der Waals surface area contributed by atoms with E-state index in [1.807, 2.05) is 18.2 Å². The van der Waals surface area contributed by atoms with E-state index in [9.17, 15) is 4.79 Å². The summed E-state index contributed by atoms with van der Waals surface area (Å²) in [5.41, 5.74) is 2.76. The van der Waals surface area contributed by atoms with Gasteiger partial charge >= 0.3 is 0 Å². The molecule has 1 aromatic heterocycles. The zero-order chi connectivity index (χ0) is 17.8. The number of carbonyl (C=O) groups excluding carboxylic acids is 1. The third-order valence-corrected chi connectivity index (χ3v) is 4.61. The largest absolute Gasteiger partial charge is 0.348 e. The van der Waals surface area contributed by atoms with Gasteiger partial charge in [0.15, 0.2) is 0 Å². The Kier molecular flexibility index (Phi) is 4.70. The Hall–Kier alpha value is -3.06. The molecule has 2 aromatic carbocycles. The van der Waals surface area contributed by atoms with E-state index in [0.29, 0.717) is 11.4 Å². The maximum atomic E-state index is 12.5. The Morgan fingerprint density at radius 1 is 1.15 bits per heavy atom. The van der Waals surface area contributed by atoms with Crippen molar-refractivity contribution in [1.82, 2.24) is 30.8 Å². The first kappa shape index (κ1) is 16.4. The van der Waals surface area contributed by atoms with Gasteiger partial charge in [-0.2, -0.15) is 5.21 Å². The number of amides is 1. The zero-order valence-corrected chi connectivity index (χ0v) is 14.3. The van der Waals surface area contributed by atoms with E-state index in [2.05, 4.69) is 55.1 Å². The molecule has 0 saturated carbocycles. The first-order valence-corrected chi connectivity index (χ1v) is 8.69. The van der Waals surface area contributed by atoms with Crippen molar-refractivity contribution in [1.29, 1.82) is 0 Å². The van der Waals surface area contributed by atoms with Gasteiger partial charge in [0.2, 0.25) is 5.82 Å². The molecule has 0 radical (unpaired) electrons. The van der Waals surface area contributed by atoms with Crippen molar-refractivity contribution >= 4 is 5.91 Å². The average molecular weight is 348 g/mol. The molecular weight excluding hydrogens is 328 g/mol. The molecule has 0 aliphatic carbocycles. The maximum absolute atomic E-state index is 12.5. The highest BCUT2D eigenvalue weighted by Gasteiger charge is 2.24. The highest BCUT2D eigenvalue weighted by molar-refractivity contribution is 5.94. The molecule has 0 spiro atoms. The summed E-state index contributed by atoms with van der Waals surface area (Å²) < 4.78 is 0. The molecule has 7 nitrogen and oxygen atoms in total. The van der Waals surface area contributed by atoms with Crippen LogP contribution in [-0.4, -0.2) is 50.6 Å². The molecule has 1 unspecified atom stereocenters. The number of likely N-dealkylation sites (tertiary alicyclic amines) is 1. The summed E-state index contributed by atoms with van der Waals surface area (Å²) >= 11 is 0. The van der Waals surface area contributed by atoms with Gasteiger partial charge in [-0.05, 0) is 29.3 Å². The second kappa shape index (κ2) is 7.45. The quantitative estimate of drug-likeness (QED) is 0.735. The van der Waals surface area contributed by atoms with E-state index in [1.165, 1.54) is 5.56 Å². The lowest BCUT2D eigenvalue weighted by Crippen LogP contribution is -2.36. The van der Waals surface area contributed by atoms with Crippen LogP contribution in [0.25, 0.3) is 11.4 Å². The van der Waals surface area contributed by atoms with Crippen molar-refractivity contribution in [3.8, 4) is 11.4 Å². The summed E-state index contributed by atoms with van der Waals surface area (Å²) in [4.78, 5) is 14.9. The van der Waals surface area contributed by atoms with Crippen LogP contribution in [0.5, 0.6) is 0 Å². The molecule has 2 N–H and O–H groups in total. The molecule has 1 amide bonds. The molecule has 1 saturated heterocycles. The molecule has 1 atom stereocenters. The number of carbonyl (C=O) groups is 1. The molecule has 4 rings (SSSR count). The Balaban J connectivity index is 1.32. The highest BCUT2D eigenvalue weighted by atomic mass is 16.1. The summed E-state index contributed by atoms with van der Waals surface area (Å²) in [7, 11) is 0. The van der Waals surface area contributed by atoms with Gasteiger partial charge in [-0.3, -0.25) is 9.69 Å². The van der Waals surface area contributed by atoms with Crippen molar-refractivity contribution in [2.24, 2.45) is 0 Å². The molecule has 1 aliphatic heterocycles. The number of nitrogens with one attached hydrogen (secondary N) is 2. The van der Waals surface area contributed by atoms with Gasteiger partial charge in [0, 0.05) is 36.8 Å². The number of rotatable bonds is 5. The second-order valence-electron chi connectivity index (χ2n) is 6.49. The number of H-pyrrole nitrogens is 1. The van der Waals surface area contributed by atoms with Crippen LogP contribution in [-0.2, 0) is 6.54 Å². The fourth-order valence-corrected chi connectivity index (χ4v) is 3.26. The van der Waals surface area contributed by atoms with Crippen molar-refractivity contribution < 1.29 is 4.79 Å². The summed E-state index contributed by atoms with van der Waals surface area (Å²) in [6, 6.07) is 17.8. The van der Waals surface area contributed by atoms with Gasteiger partial charge in [-0.15, -0.1) is 10.2 Å². The SMILES string of the molecule is O=C(NC1CCN(Cc2ccccc2)C1)c1ccc(-c2nn[nH]n2)cc1. The first-order chi connectivity index (χ1) is 12.8. The van der Waals surface area contributed by atoms with Crippen LogP contribution >= 0.6 is 0 Å². The van der Waals surface area contributed by atoms with Crippen LogP contribution in [0.1, 0.15) is 22.3 Å². The van der Waals surface area contributed by atoms with Crippen LogP contribution in [0.15, 0.2) is 54.6 Å². The van der Waals surface area contributed by atoms with Gasteiger partial charge in [0.1, 0.15) is 0 Å². The number of hydrogen-bond donors (Lipinski definition) is 2. The van der Waals surface area contributed by atoms with Crippen molar-refractivity contribution in [3.05, 3.63) is 65.7 Å². The predicted molar refractivity (Wildman–Crippen MR) is 97.2 cm³/mol. The fourth-order valence-electron chi connectivity index (χ4n) is 3.26. The fraction of sp³-hybridized carbons (Fsp3) is 0.263. The summed E-state index contributed by atoms with van der Waals surface area (Å²) in [5.74, 6) is 0.473. The van der Waals surface area contributed by atoms with Gasteiger partial charge in [0.05, 0.1) is 0 Å². The van der Waals surface area contributed by atoms with E-state index < -0.39 is 0 Å². The minimum absolute atomic E-state index is 0.0452. The van der Waals surface area contributed by atoms with E-state index in [0.717, 1.165) is 31.6 Å². The normalized spacial score (nSPS) is 17.3. The first-order valence-electron chi connectivity index (χ1n) is 8.69. The molecule has 26 heavy (non-hydrogen) atoms. The molecular formula is C19H20N6O. The predicted octanol–water partition coefficient (Wildman–Crippen LogP) is 1.87. The number of tetrazole rings is 1. The van der Waals surface area contributed by atoms with Crippen molar-refractivity contribution in [3.63, 3.8) is 0 Å². The van der Waals surface area contributed by atoms with Crippen LogP contribution in [0.3, 0.4) is 0 Å². The highest BCUT2D eigenvalue weighted by Crippen LogP contribution is 2.16. The van der Waals surface area contributed by atoms with Crippen LogP contribution in [0, 0.1) is 0 Å². The third kappa shape index (κ3) is 3.78. The van der Waals surface area contributed by atoms with E-state index in [-0.39, 0.29) is 11.9 Å². The number of hydrogen-bond acceptors (Lipinski definition) is 5. The molecule has 2 heterocycles. The van der Waals surface area contributed by atoms with Gasteiger partial charge in [-0.1, -0.05) is 42.5 Å². The number of nitrogens with zero attached hydrogens (tertiary/aromatic N) is 4. The molecule has 132 valence electrons. The van der Waals surface area contributed by atoms with Gasteiger partial charge in [-0.25, -0.2) is 0 Å². The van der Waals surface area contributed by atoms with E-state index >= 15 is 0 Å². The molecule has 0 bridgehead atoms. The molecule has 3 aromatic rings. The molecule has 1 aliphatic rings. The molecule has 1 fully saturated rings. The van der Waals surface area contributed by atoms with Crippen molar-refractivity contribution in [2.45, 2.75) is 19.0 Å². The maximum Gasteiger partial charge on any atom is 0.251 e. The monoisotopic (exact) mass is 348 g/mol. The third-order valence-electron chi connectivity index (χ3n) is 4.61. The van der Waals surface area contributed by atoms with E-state index in [1.54, 1.807) is 12.1 Å². The second-order valence-corrected chi connectivity index (χ2v) is 6.49. The minimum atomic E-state index is -0.0452. The minimum Gasteiger partial charge on any atom is -0.348 e. The lowest BCUT2D eigenvalue weighted by atomic mass is 10.1. The Bertz CT molecular complexity index is 848. The number of aromatic amines is 1. The lowest BCUT2D eigenvalue weighted by molar-refractivity contribution is 0.0937. The Morgan fingerprint density at radius 2 is 1.96 bits per heavy atom. The lowest BCUT2D eigenvalue weighted by Gasteiger charge is -2.17. The van der Waals surface area contributed by atoms with Crippen LogP contribution in [0.4, 0.5) is 0 Å². The van der Waals surface area contributed by atoms with Crippen molar-refractivity contribution in [2.75, 3.05) is 13.1 Å². The Labute approximate surface area is 151 Å². The topological polar surface area (TPSA) is 86.8 Å². The van der Waals surface area contributed by atoms with Gasteiger partial charge < -0.3 is 5.32 Å². The zero-order valence-electron chi connectivity index (χ0n) is 14.3. The summed E-state index contributed by atoms with van der Waals surface area (Å²) in [6.45, 7) is 2.80. The van der Waals surface area contributed by atoms with E-state index in [4.69, 9.17) is 0 Å². The number of benzene rings is 2. The smallest absolute Gasteiger partial charge is 0.251 e. The Morgan fingerprint density at radius 3 is 2.69 bits per heavy atom. The van der Waals surface area contributed by atoms with Crippen LogP contribution < -0.4 is 5.32 Å².